The van der Waals surface area contributed by atoms with E-state index in [2.05, 4.69) is 37.4 Å². The van der Waals surface area contributed by atoms with Crippen LogP contribution < -0.4 is 10.0 Å². The van der Waals surface area contributed by atoms with Gasteiger partial charge in [-0.05, 0) is 34.1 Å². The molecule has 0 aliphatic rings. The van der Waals surface area contributed by atoms with Crippen molar-refractivity contribution in [2.24, 2.45) is 0 Å². The fraction of sp³-hybridized carbons (Fsp3) is 0.0526. The zero-order valence-electron chi connectivity index (χ0n) is 14.0. The number of nitrogens with zero attached hydrogens (tertiary/aromatic N) is 5. The van der Waals surface area contributed by atoms with Gasteiger partial charge in [0, 0.05) is 29.8 Å². The maximum Gasteiger partial charge on any atom is 0.185 e. The molecule has 0 spiro atoms. The summed E-state index contributed by atoms with van der Waals surface area (Å²) in [6.07, 6.45) is 4.64. The van der Waals surface area contributed by atoms with Crippen molar-refractivity contribution in [3.05, 3.63) is 81.9 Å². The van der Waals surface area contributed by atoms with Gasteiger partial charge in [-0.3, -0.25) is 0 Å². The van der Waals surface area contributed by atoms with Crippen molar-refractivity contribution in [3.8, 4) is 17.3 Å². The first-order valence-corrected chi connectivity index (χ1v) is 8.90. The molecule has 132 valence electrons. The van der Waals surface area contributed by atoms with E-state index in [1.54, 1.807) is 28.9 Å². The van der Waals surface area contributed by atoms with Crippen LogP contribution in [0, 0.1) is 16.5 Å². The van der Waals surface area contributed by atoms with E-state index in [1.807, 2.05) is 24.3 Å². The minimum atomic E-state index is 0.456. The smallest absolute Gasteiger partial charge is 0.185 e. The molecule has 0 unspecified atom stereocenters. The zero-order chi connectivity index (χ0) is 18.8. The van der Waals surface area contributed by atoms with E-state index in [9.17, 15) is 5.21 Å². The van der Waals surface area contributed by atoms with Crippen LogP contribution in [-0.2, 0) is 6.54 Å². The topological polar surface area (TPSA) is 93.0 Å². The fourth-order valence-electron chi connectivity index (χ4n) is 2.76. The van der Waals surface area contributed by atoms with Crippen LogP contribution in [0.2, 0.25) is 0 Å². The maximum absolute atomic E-state index is 11.4. The van der Waals surface area contributed by atoms with Crippen LogP contribution in [0.3, 0.4) is 0 Å². The van der Waals surface area contributed by atoms with Crippen molar-refractivity contribution in [2.45, 2.75) is 6.54 Å². The second-order valence-electron chi connectivity index (χ2n) is 5.87. The highest BCUT2D eigenvalue weighted by molar-refractivity contribution is 9.10. The van der Waals surface area contributed by atoms with E-state index >= 15 is 0 Å². The summed E-state index contributed by atoms with van der Waals surface area (Å²) in [6, 6.07) is 14.9. The lowest BCUT2D eigenvalue weighted by molar-refractivity contribution is -0.605. The van der Waals surface area contributed by atoms with Crippen LogP contribution in [0.25, 0.3) is 16.9 Å². The van der Waals surface area contributed by atoms with Gasteiger partial charge in [0.05, 0.1) is 28.0 Å². The van der Waals surface area contributed by atoms with E-state index < -0.39 is 0 Å². The Morgan fingerprint density at radius 2 is 2.15 bits per heavy atom. The lowest BCUT2D eigenvalue weighted by Gasteiger charge is -2.11. The summed E-state index contributed by atoms with van der Waals surface area (Å²) >= 11 is 3.47. The Balaban J connectivity index is 1.76. The molecule has 0 fully saturated rings. The minimum Gasteiger partial charge on any atom is -0.619 e. The average Bonchev–Trinajstić information content (AvgIpc) is 3.07. The largest absolute Gasteiger partial charge is 0.619 e. The molecule has 0 aliphatic carbocycles. The zero-order valence-corrected chi connectivity index (χ0v) is 15.6. The molecule has 0 bridgehead atoms. The maximum atomic E-state index is 11.4. The molecule has 0 amide bonds. The summed E-state index contributed by atoms with van der Waals surface area (Å²) in [6.45, 7) is 0.456. The first kappa shape index (κ1) is 17.0. The number of benzene rings is 1. The van der Waals surface area contributed by atoms with Crippen molar-refractivity contribution >= 4 is 27.4 Å². The lowest BCUT2D eigenvalue weighted by atomic mass is 10.1. The van der Waals surface area contributed by atoms with E-state index in [4.69, 9.17) is 5.26 Å². The molecule has 4 aromatic rings. The van der Waals surface area contributed by atoms with Gasteiger partial charge in [0.1, 0.15) is 5.82 Å². The monoisotopic (exact) mass is 420 g/mol. The van der Waals surface area contributed by atoms with Crippen molar-refractivity contribution in [1.82, 2.24) is 14.6 Å². The molecule has 0 saturated heterocycles. The van der Waals surface area contributed by atoms with Crippen LogP contribution in [0.1, 0.15) is 11.1 Å². The molecule has 3 heterocycles. The Morgan fingerprint density at radius 1 is 1.26 bits per heavy atom. The molecule has 0 radical (unpaired) electrons. The van der Waals surface area contributed by atoms with Crippen LogP contribution in [-0.4, -0.2) is 14.6 Å². The summed E-state index contributed by atoms with van der Waals surface area (Å²) in [7, 11) is 0. The highest BCUT2D eigenvalue weighted by Crippen LogP contribution is 2.26. The quantitative estimate of drug-likeness (QED) is 0.403. The van der Waals surface area contributed by atoms with Gasteiger partial charge in [0.15, 0.2) is 18.0 Å². The third-order valence-electron chi connectivity index (χ3n) is 4.03. The SMILES string of the molecule is N#Cc1cccc(-c2cc(NCc3ccc[n+]([O-])c3)n3ncc(Br)c3n2)c1. The fourth-order valence-corrected chi connectivity index (χ4v) is 3.10. The van der Waals surface area contributed by atoms with E-state index in [-0.39, 0.29) is 0 Å². The van der Waals surface area contributed by atoms with Crippen LogP contribution in [0.15, 0.2) is 65.5 Å². The summed E-state index contributed by atoms with van der Waals surface area (Å²) in [4.78, 5) is 4.66. The number of halogens is 1. The van der Waals surface area contributed by atoms with Crippen molar-refractivity contribution in [2.75, 3.05) is 5.32 Å². The third-order valence-corrected chi connectivity index (χ3v) is 4.59. The lowest BCUT2D eigenvalue weighted by Crippen LogP contribution is -2.25. The number of hydrogen-bond donors (Lipinski definition) is 1. The Kier molecular flexibility index (Phi) is 4.44. The van der Waals surface area contributed by atoms with Gasteiger partial charge < -0.3 is 10.5 Å². The normalized spacial score (nSPS) is 10.7. The summed E-state index contributed by atoms with van der Waals surface area (Å²) in [5.41, 5.74) is 3.63. The van der Waals surface area contributed by atoms with Gasteiger partial charge in [-0.15, -0.1) is 0 Å². The highest BCUT2D eigenvalue weighted by Gasteiger charge is 2.12. The number of aromatic nitrogens is 4. The van der Waals surface area contributed by atoms with E-state index in [0.717, 1.165) is 31.8 Å². The van der Waals surface area contributed by atoms with Crippen molar-refractivity contribution in [1.29, 1.82) is 5.26 Å². The third kappa shape index (κ3) is 3.45. The number of fused-ring (bicyclic) bond motifs is 1. The summed E-state index contributed by atoms with van der Waals surface area (Å²) < 4.78 is 3.22. The Morgan fingerprint density at radius 3 is 2.96 bits per heavy atom. The minimum absolute atomic E-state index is 0.456. The predicted octanol–water partition coefficient (Wildman–Crippen LogP) is 3.28. The summed E-state index contributed by atoms with van der Waals surface area (Å²) in [5.74, 6) is 0.726. The molecule has 0 aliphatic heterocycles. The molecular weight excluding hydrogens is 408 g/mol. The Hall–Kier alpha value is -3.44. The van der Waals surface area contributed by atoms with Gasteiger partial charge in [0.25, 0.3) is 0 Å². The second-order valence-corrected chi connectivity index (χ2v) is 6.73. The molecule has 1 N–H and O–H groups in total. The standard InChI is InChI=1S/C19H13BrN6O/c20-16-11-23-26-18(22-10-14-4-2-6-25(27)12-14)8-17(24-19(16)26)15-5-1-3-13(7-15)9-21/h1-8,11-12,22H,10H2. The second kappa shape index (κ2) is 7.05. The van der Waals surface area contributed by atoms with Crippen molar-refractivity contribution in [3.63, 3.8) is 0 Å². The molecule has 27 heavy (non-hydrogen) atoms. The van der Waals surface area contributed by atoms with Gasteiger partial charge in [-0.2, -0.15) is 19.6 Å². The van der Waals surface area contributed by atoms with Crippen LogP contribution >= 0.6 is 15.9 Å². The molecule has 3 aromatic heterocycles. The van der Waals surface area contributed by atoms with Gasteiger partial charge >= 0.3 is 0 Å². The molecule has 8 heteroatoms. The molecule has 0 saturated carbocycles. The van der Waals surface area contributed by atoms with E-state index in [1.165, 1.54) is 12.4 Å². The molecule has 4 rings (SSSR count). The van der Waals surface area contributed by atoms with Gasteiger partial charge in [0.2, 0.25) is 0 Å². The summed E-state index contributed by atoms with van der Waals surface area (Å²) in [5, 5.41) is 28.2. The number of nitriles is 1. The number of anilines is 1. The predicted molar refractivity (Wildman–Crippen MR) is 104 cm³/mol. The highest BCUT2D eigenvalue weighted by atomic mass is 79.9. The van der Waals surface area contributed by atoms with Crippen LogP contribution in [0.4, 0.5) is 5.82 Å². The Labute approximate surface area is 163 Å². The number of rotatable bonds is 4. The number of nitrogens with one attached hydrogen (secondary N) is 1. The van der Waals surface area contributed by atoms with Crippen molar-refractivity contribution < 1.29 is 4.73 Å². The average molecular weight is 421 g/mol. The van der Waals surface area contributed by atoms with Gasteiger partial charge in [-0.1, -0.05) is 12.1 Å². The first-order valence-electron chi connectivity index (χ1n) is 8.10. The molecular formula is C19H13BrN6O. The van der Waals surface area contributed by atoms with Crippen LogP contribution in [0.5, 0.6) is 0 Å². The van der Waals surface area contributed by atoms with Gasteiger partial charge in [-0.25, -0.2) is 4.98 Å². The first-order chi connectivity index (χ1) is 13.1. The molecule has 7 nitrogen and oxygen atoms in total. The number of hydrogen-bond acceptors (Lipinski definition) is 5. The molecule has 0 atom stereocenters. The van der Waals surface area contributed by atoms with E-state index in [0.29, 0.717) is 17.8 Å². The number of pyridine rings is 1. The Bertz CT molecular complexity index is 1180. The molecule has 1 aromatic carbocycles.